The molecule has 0 bridgehead atoms. The minimum absolute atomic E-state index is 0.0745. The highest BCUT2D eigenvalue weighted by Crippen LogP contribution is 2.74. The van der Waals surface area contributed by atoms with Crippen LogP contribution in [-0.2, 0) is 4.74 Å². The fourth-order valence-electron chi connectivity index (χ4n) is 10.8. The van der Waals surface area contributed by atoms with Gasteiger partial charge in [-0.05, 0) is 116 Å². The topological polar surface area (TPSA) is 29.5 Å². The average Bonchev–Trinajstić information content (AvgIpc) is 3.57. The lowest BCUT2D eigenvalue weighted by Gasteiger charge is -2.59. The molecular formula is C34H44O2. The Balaban J connectivity index is 1.37. The van der Waals surface area contributed by atoms with Gasteiger partial charge in [-0.25, -0.2) is 0 Å². The number of hydrogen-bond donors (Lipinski definition) is 1. The molecule has 1 aliphatic heterocycles. The molecule has 7 rings (SSSR count). The average molecular weight is 485 g/mol. The first-order valence-corrected chi connectivity index (χ1v) is 14.8. The van der Waals surface area contributed by atoms with Crippen LogP contribution in [0.4, 0.5) is 0 Å². The molecule has 1 N–H and O–H groups in total. The third kappa shape index (κ3) is 3.04. The summed E-state index contributed by atoms with van der Waals surface area (Å²) >= 11 is 0. The van der Waals surface area contributed by atoms with E-state index in [1.54, 1.807) is 11.1 Å². The van der Waals surface area contributed by atoms with Crippen LogP contribution in [0.3, 0.4) is 0 Å². The fraction of sp³-hybridized carbons (Fsp3) is 0.647. The first kappa shape index (κ1) is 23.5. The normalized spacial score (nSPS) is 45.7. The van der Waals surface area contributed by atoms with E-state index in [0.717, 1.165) is 57.5 Å². The monoisotopic (exact) mass is 484 g/mol. The van der Waals surface area contributed by atoms with Gasteiger partial charge in [0.25, 0.3) is 0 Å². The molecule has 0 radical (unpaired) electrons. The van der Waals surface area contributed by atoms with E-state index in [1.807, 2.05) is 6.08 Å². The smallest absolute Gasteiger partial charge is 0.0887 e. The Morgan fingerprint density at radius 3 is 2.53 bits per heavy atom. The lowest BCUT2D eigenvalue weighted by molar-refractivity contribution is -0.0981. The zero-order valence-corrected chi connectivity index (χ0v) is 22.3. The third-order valence-corrected chi connectivity index (χ3v) is 12.4. The van der Waals surface area contributed by atoms with Crippen LogP contribution in [0.2, 0.25) is 0 Å². The summed E-state index contributed by atoms with van der Waals surface area (Å²) in [6, 6.07) is 9.21. The zero-order chi connectivity index (χ0) is 24.8. The molecule has 1 saturated heterocycles. The summed E-state index contributed by atoms with van der Waals surface area (Å²) in [6.45, 7) is 12.2. The second-order valence-corrected chi connectivity index (χ2v) is 13.7. The van der Waals surface area contributed by atoms with Gasteiger partial charge in [0.15, 0.2) is 0 Å². The van der Waals surface area contributed by atoms with Crippen molar-refractivity contribution in [1.82, 2.24) is 0 Å². The maximum Gasteiger partial charge on any atom is 0.0887 e. The van der Waals surface area contributed by atoms with E-state index < -0.39 is 5.60 Å². The minimum Gasteiger partial charge on any atom is -0.385 e. The molecule has 2 heteroatoms. The van der Waals surface area contributed by atoms with Crippen molar-refractivity contribution in [3.63, 3.8) is 0 Å². The van der Waals surface area contributed by atoms with E-state index in [9.17, 15) is 5.11 Å². The predicted octanol–water partition coefficient (Wildman–Crippen LogP) is 8.13. The number of hydrogen-bond acceptors (Lipinski definition) is 2. The van der Waals surface area contributed by atoms with E-state index in [2.05, 4.69) is 37.8 Å². The van der Waals surface area contributed by atoms with Crippen LogP contribution in [0.5, 0.6) is 0 Å². The Morgan fingerprint density at radius 2 is 1.83 bits per heavy atom. The van der Waals surface area contributed by atoms with Crippen molar-refractivity contribution in [3.8, 4) is 0 Å². The maximum atomic E-state index is 12.3. The van der Waals surface area contributed by atoms with E-state index in [4.69, 9.17) is 11.3 Å². The van der Waals surface area contributed by atoms with Gasteiger partial charge in [0.2, 0.25) is 0 Å². The summed E-state index contributed by atoms with van der Waals surface area (Å²) in [6.07, 6.45) is 17.0. The largest absolute Gasteiger partial charge is 0.385 e. The molecule has 192 valence electrons. The van der Waals surface area contributed by atoms with Gasteiger partial charge >= 0.3 is 0 Å². The van der Waals surface area contributed by atoms with Gasteiger partial charge in [0.05, 0.1) is 11.2 Å². The van der Waals surface area contributed by atoms with Crippen molar-refractivity contribution in [1.29, 1.82) is 0 Å². The van der Waals surface area contributed by atoms with Crippen LogP contribution in [0.1, 0.15) is 107 Å². The highest BCUT2D eigenvalue weighted by molar-refractivity contribution is 5.50. The Morgan fingerprint density at radius 1 is 1.00 bits per heavy atom. The molecule has 2 nitrogen and oxygen atoms in total. The molecule has 2 spiro atoms. The molecule has 5 fully saturated rings. The fourth-order valence-corrected chi connectivity index (χ4v) is 10.8. The van der Waals surface area contributed by atoms with Crippen molar-refractivity contribution in [3.05, 3.63) is 65.3 Å². The molecule has 5 aliphatic carbocycles. The summed E-state index contributed by atoms with van der Waals surface area (Å²) < 4.78 is 6.33. The number of fused-ring (bicyclic) bond motifs is 5. The number of aliphatic hydroxyl groups is 1. The second kappa shape index (κ2) is 7.93. The SMILES string of the molecule is C=Cc1ccc([C@H]2C[C@@]3(C)C(CC[C@]34CCCC4=C)C3CC[C@@]4(O)CC5(CCCO5)CCC4=C32)cc1. The van der Waals surface area contributed by atoms with E-state index >= 15 is 0 Å². The summed E-state index contributed by atoms with van der Waals surface area (Å²) in [5.74, 6) is 1.73. The van der Waals surface area contributed by atoms with Gasteiger partial charge in [-0.3, -0.25) is 0 Å². The predicted molar refractivity (Wildman–Crippen MR) is 147 cm³/mol. The lowest BCUT2D eigenvalue weighted by Crippen LogP contribution is -2.53. The zero-order valence-electron chi connectivity index (χ0n) is 22.3. The molecular weight excluding hydrogens is 440 g/mol. The summed E-state index contributed by atoms with van der Waals surface area (Å²) in [5.41, 5.74) is 7.13. The van der Waals surface area contributed by atoms with Crippen molar-refractivity contribution in [2.24, 2.45) is 22.7 Å². The van der Waals surface area contributed by atoms with Crippen LogP contribution in [0.25, 0.3) is 6.08 Å². The molecule has 3 unspecified atom stereocenters. The molecule has 0 aromatic heterocycles. The molecule has 1 aromatic rings. The minimum atomic E-state index is -0.672. The second-order valence-electron chi connectivity index (χ2n) is 13.7. The Kier molecular flexibility index (Phi) is 5.17. The van der Waals surface area contributed by atoms with Gasteiger partial charge in [-0.15, -0.1) is 0 Å². The maximum absolute atomic E-state index is 12.3. The lowest BCUT2D eigenvalue weighted by atomic mass is 9.47. The Bertz CT molecular complexity index is 1120. The van der Waals surface area contributed by atoms with Crippen molar-refractivity contribution in [2.45, 2.75) is 108 Å². The molecule has 7 atom stereocenters. The van der Waals surface area contributed by atoms with Crippen molar-refractivity contribution in [2.75, 3.05) is 6.61 Å². The van der Waals surface area contributed by atoms with Crippen LogP contribution in [0, 0.1) is 22.7 Å². The van der Waals surface area contributed by atoms with Gasteiger partial charge in [-0.2, -0.15) is 0 Å². The first-order chi connectivity index (χ1) is 17.3. The summed E-state index contributed by atoms with van der Waals surface area (Å²) in [7, 11) is 0. The molecule has 6 aliphatic rings. The van der Waals surface area contributed by atoms with Crippen LogP contribution >= 0.6 is 0 Å². The van der Waals surface area contributed by atoms with Gasteiger partial charge in [0.1, 0.15) is 0 Å². The highest BCUT2D eigenvalue weighted by atomic mass is 16.5. The molecule has 1 heterocycles. The van der Waals surface area contributed by atoms with Crippen LogP contribution < -0.4 is 0 Å². The third-order valence-electron chi connectivity index (χ3n) is 12.4. The van der Waals surface area contributed by atoms with Crippen molar-refractivity contribution < 1.29 is 9.84 Å². The summed E-state index contributed by atoms with van der Waals surface area (Å²) in [4.78, 5) is 0. The van der Waals surface area contributed by atoms with Crippen LogP contribution in [0.15, 0.2) is 54.1 Å². The highest BCUT2D eigenvalue weighted by Gasteiger charge is 2.65. The first-order valence-electron chi connectivity index (χ1n) is 14.8. The number of allylic oxidation sites excluding steroid dienone is 2. The molecule has 1 aromatic carbocycles. The van der Waals surface area contributed by atoms with Crippen molar-refractivity contribution >= 4 is 6.08 Å². The van der Waals surface area contributed by atoms with Crippen LogP contribution in [-0.4, -0.2) is 22.9 Å². The quantitative estimate of drug-likeness (QED) is 0.429. The van der Waals surface area contributed by atoms with Gasteiger partial charge in [-0.1, -0.05) is 61.6 Å². The number of benzene rings is 1. The molecule has 36 heavy (non-hydrogen) atoms. The van der Waals surface area contributed by atoms with E-state index in [1.165, 1.54) is 55.2 Å². The molecule has 4 saturated carbocycles. The van der Waals surface area contributed by atoms with Gasteiger partial charge in [0, 0.05) is 18.9 Å². The van der Waals surface area contributed by atoms with E-state index in [-0.39, 0.29) is 5.60 Å². The van der Waals surface area contributed by atoms with E-state index in [0.29, 0.717) is 22.7 Å². The standard InChI is InChI=1S/C34H44O2/c1-4-24-8-10-25(11-9-24)27-21-31(3)28(14-18-33(31)16-5-7-23(33)2)26-12-19-34(35)22-32(15-6-20-36-32)17-13-29(34)30(26)27/h4,8-11,26-28,35H,1-2,5-7,12-22H2,3H3/t26?,27-,28?,31+,32?,33+,34-/m1/s1. The summed E-state index contributed by atoms with van der Waals surface area (Å²) in [5, 5.41) is 12.3. The molecule has 0 amide bonds. The Hall–Kier alpha value is -1.64. The van der Waals surface area contributed by atoms with Gasteiger partial charge < -0.3 is 9.84 Å². The number of rotatable bonds is 2. The Labute approximate surface area is 217 Å². The number of ether oxygens (including phenoxy) is 1.